The smallest absolute Gasteiger partial charge is 0.303 e. The van der Waals surface area contributed by atoms with Gasteiger partial charge in [0.25, 0.3) is 0 Å². The van der Waals surface area contributed by atoms with Gasteiger partial charge in [-0.15, -0.1) is 6.58 Å². The predicted molar refractivity (Wildman–Crippen MR) is 127 cm³/mol. The van der Waals surface area contributed by atoms with E-state index in [0.717, 1.165) is 18.3 Å². The van der Waals surface area contributed by atoms with Gasteiger partial charge < -0.3 is 24.4 Å². The van der Waals surface area contributed by atoms with Gasteiger partial charge in [0.1, 0.15) is 18.0 Å². The van der Waals surface area contributed by atoms with Crippen LogP contribution in [-0.2, 0) is 20.7 Å². The molecule has 1 aromatic carbocycles. The summed E-state index contributed by atoms with van der Waals surface area (Å²) in [6.07, 6.45) is 4.34. The third kappa shape index (κ3) is 3.88. The molecule has 1 saturated heterocycles. The topological polar surface area (TPSA) is 85.2 Å². The minimum Gasteiger partial charge on any atom is -0.462 e. The van der Waals surface area contributed by atoms with Crippen LogP contribution >= 0.6 is 0 Å². The lowest BCUT2D eigenvalue weighted by Crippen LogP contribution is -2.59. The molecular formula is C28H38O6. The average molecular weight is 471 g/mol. The maximum atomic E-state index is 11.3. The van der Waals surface area contributed by atoms with Gasteiger partial charge in [-0.2, -0.15) is 0 Å². The normalized spacial score (nSPS) is 43.3. The largest absolute Gasteiger partial charge is 0.462 e. The Labute approximate surface area is 202 Å². The van der Waals surface area contributed by atoms with Gasteiger partial charge >= 0.3 is 5.97 Å². The predicted octanol–water partition coefficient (Wildman–Crippen LogP) is 4.12. The number of aliphatic hydroxyl groups is 2. The van der Waals surface area contributed by atoms with Crippen molar-refractivity contribution in [2.45, 2.75) is 95.9 Å². The molecule has 3 fully saturated rings. The summed E-state index contributed by atoms with van der Waals surface area (Å²) in [7, 11) is 0. The SMILES string of the molecule is C=C[C@H]1CC[C@H]2[C@@H]3CCc4cc(O[C@@H]5O[C@@H](C)[C@@H](OC(C)=O)[C@@H](O)[C@@H]5O)ccc4[C@H]3CC[C@]12C. The molecule has 2 saturated carbocycles. The molecule has 0 unspecified atom stereocenters. The number of fused-ring (bicyclic) bond motifs is 5. The number of carbonyl (C=O) groups is 1. The van der Waals surface area contributed by atoms with E-state index in [9.17, 15) is 15.0 Å². The standard InChI is InChI=1S/C28H38O6/c1-5-18-7-11-23-22-9-6-17-14-19(8-10-20(17)21(22)12-13-28(18,23)4)34-27-25(31)24(30)26(15(2)32-27)33-16(3)29/h5,8,10,14-15,18,21-27,30-31H,1,6-7,9,11-13H2,2-4H3/t15-,18-,21+,22+,23-,24-,25-,26+,27-,28+/m0/s1. The number of rotatable bonds is 4. The number of allylic oxidation sites excluding steroid dienone is 1. The van der Waals surface area contributed by atoms with Crippen LogP contribution < -0.4 is 4.74 Å². The molecule has 0 radical (unpaired) electrons. The molecule has 34 heavy (non-hydrogen) atoms. The van der Waals surface area contributed by atoms with Crippen molar-refractivity contribution in [3.8, 4) is 5.75 Å². The van der Waals surface area contributed by atoms with Crippen LogP contribution in [0.3, 0.4) is 0 Å². The minimum absolute atomic E-state index is 0.402. The molecule has 1 aliphatic heterocycles. The highest BCUT2D eigenvalue weighted by molar-refractivity contribution is 5.66. The van der Waals surface area contributed by atoms with Crippen molar-refractivity contribution < 1.29 is 29.2 Å². The lowest BCUT2D eigenvalue weighted by atomic mass is 9.54. The van der Waals surface area contributed by atoms with Crippen molar-refractivity contribution >= 4 is 5.97 Å². The molecule has 1 aromatic rings. The molecule has 186 valence electrons. The number of ether oxygens (including phenoxy) is 3. The van der Waals surface area contributed by atoms with Gasteiger partial charge in [-0.05, 0) is 97.8 Å². The van der Waals surface area contributed by atoms with E-state index >= 15 is 0 Å². The number of benzene rings is 1. The molecule has 3 aliphatic carbocycles. The van der Waals surface area contributed by atoms with Crippen LogP contribution in [0, 0.1) is 23.2 Å². The van der Waals surface area contributed by atoms with Gasteiger partial charge in [0.2, 0.25) is 6.29 Å². The Morgan fingerprint density at radius 3 is 2.74 bits per heavy atom. The second-order valence-corrected chi connectivity index (χ2v) is 11.1. The number of carbonyl (C=O) groups excluding carboxylic acids is 1. The van der Waals surface area contributed by atoms with Crippen LogP contribution in [0.15, 0.2) is 30.9 Å². The van der Waals surface area contributed by atoms with E-state index in [-0.39, 0.29) is 0 Å². The minimum atomic E-state index is -1.32. The molecule has 4 aliphatic rings. The fraction of sp³-hybridized carbons (Fsp3) is 0.679. The highest BCUT2D eigenvalue weighted by Gasteiger charge is 2.54. The second-order valence-electron chi connectivity index (χ2n) is 11.1. The zero-order valence-corrected chi connectivity index (χ0v) is 20.5. The summed E-state index contributed by atoms with van der Waals surface area (Å²) in [4.78, 5) is 11.3. The molecular weight excluding hydrogens is 432 g/mol. The van der Waals surface area contributed by atoms with Crippen LogP contribution in [-0.4, -0.2) is 46.9 Å². The van der Waals surface area contributed by atoms with Crippen LogP contribution in [0.2, 0.25) is 0 Å². The Bertz CT molecular complexity index is 945. The van der Waals surface area contributed by atoms with Crippen LogP contribution in [0.4, 0.5) is 0 Å². The van der Waals surface area contributed by atoms with E-state index < -0.39 is 36.7 Å². The van der Waals surface area contributed by atoms with Gasteiger partial charge in [-0.1, -0.05) is 19.1 Å². The quantitative estimate of drug-likeness (QED) is 0.509. The van der Waals surface area contributed by atoms with Crippen LogP contribution in [0.1, 0.15) is 69.9 Å². The Kier molecular flexibility index (Phi) is 6.28. The first-order valence-electron chi connectivity index (χ1n) is 12.8. The number of hydrogen-bond acceptors (Lipinski definition) is 6. The molecule has 0 spiro atoms. The average Bonchev–Trinajstić information content (AvgIpc) is 3.16. The lowest BCUT2D eigenvalue weighted by molar-refractivity contribution is -0.272. The second kappa shape index (κ2) is 8.96. The molecule has 5 rings (SSSR count). The van der Waals surface area contributed by atoms with Crippen LogP contribution in [0.5, 0.6) is 5.75 Å². The Hall–Kier alpha value is -1.89. The van der Waals surface area contributed by atoms with E-state index in [1.54, 1.807) is 6.92 Å². The summed E-state index contributed by atoms with van der Waals surface area (Å²) in [5.74, 6) is 2.86. The van der Waals surface area contributed by atoms with Crippen molar-refractivity contribution in [1.82, 2.24) is 0 Å². The zero-order chi connectivity index (χ0) is 24.2. The monoisotopic (exact) mass is 470 g/mol. The number of hydrogen-bond donors (Lipinski definition) is 2. The molecule has 10 atom stereocenters. The zero-order valence-electron chi connectivity index (χ0n) is 20.5. The first-order valence-corrected chi connectivity index (χ1v) is 12.8. The van der Waals surface area contributed by atoms with Gasteiger partial charge in [-0.25, -0.2) is 0 Å². The summed E-state index contributed by atoms with van der Waals surface area (Å²) in [6.45, 7) is 9.59. The van der Waals surface area contributed by atoms with E-state index in [4.69, 9.17) is 14.2 Å². The third-order valence-corrected chi connectivity index (χ3v) is 9.39. The van der Waals surface area contributed by atoms with Crippen LogP contribution in [0.25, 0.3) is 0 Å². The summed E-state index contributed by atoms with van der Waals surface area (Å²) >= 11 is 0. The van der Waals surface area contributed by atoms with Crippen molar-refractivity contribution in [3.63, 3.8) is 0 Å². The molecule has 6 heteroatoms. The fourth-order valence-electron chi connectivity index (χ4n) is 7.65. The highest BCUT2D eigenvalue weighted by Crippen LogP contribution is 2.63. The molecule has 0 bridgehead atoms. The van der Waals surface area contributed by atoms with Crippen molar-refractivity contribution in [2.75, 3.05) is 0 Å². The Morgan fingerprint density at radius 2 is 2.00 bits per heavy atom. The van der Waals surface area contributed by atoms with E-state index in [1.807, 2.05) is 6.07 Å². The maximum absolute atomic E-state index is 11.3. The molecule has 0 aromatic heterocycles. The summed E-state index contributed by atoms with van der Waals surface area (Å²) in [5.41, 5.74) is 3.16. The molecule has 0 amide bonds. The molecule has 1 heterocycles. The first kappa shape index (κ1) is 23.8. The van der Waals surface area contributed by atoms with Gasteiger partial charge in [0.15, 0.2) is 6.10 Å². The summed E-state index contributed by atoms with van der Waals surface area (Å²) < 4.78 is 16.9. The van der Waals surface area contributed by atoms with Gasteiger partial charge in [-0.3, -0.25) is 4.79 Å². The van der Waals surface area contributed by atoms with E-state index in [2.05, 4.69) is 31.7 Å². The Balaban J connectivity index is 1.30. The number of esters is 1. The van der Waals surface area contributed by atoms with Gasteiger partial charge in [0.05, 0.1) is 6.10 Å². The highest BCUT2D eigenvalue weighted by atomic mass is 16.7. The Morgan fingerprint density at radius 1 is 1.21 bits per heavy atom. The van der Waals surface area contributed by atoms with Crippen molar-refractivity contribution in [1.29, 1.82) is 0 Å². The summed E-state index contributed by atoms with van der Waals surface area (Å²) in [6, 6.07) is 6.23. The lowest BCUT2D eigenvalue weighted by Gasteiger charge is -2.50. The number of aliphatic hydroxyl groups excluding tert-OH is 2. The van der Waals surface area contributed by atoms with Crippen molar-refractivity contribution in [3.05, 3.63) is 42.0 Å². The molecule has 6 nitrogen and oxygen atoms in total. The molecule has 2 N–H and O–H groups in total. The van der Waals surface area contributed by atoms with Gasteiger partial charge in [0, 0.05) is 6.92 Å². The summed E-state index contributed by atoms with van der Waals surface area (Å²) in [5, 5.41) is 21.0. The van der Waals surface area contributed by atoms with E-state index in [0.29, 0.717) is 23.0 Å². The first-order chi connectivity index (χ1) is 16.2. The number of aryl methyl sites for hydroxylation is 1. The van der Waals surface area contributed by atoms with E-state index in [1.165, 1.54) is 50.2 Å². The maximum Gasteiger partial charge on any atom is 0.303 e. The third-order valence-electron chi connectivity index (χ3n) is 9.39. The fourth-order valence-corrected chi connectivity index (χ4v) is 7.65. The van der Waals surface area contributed by atoms with Crippen molar-refractivity contribution in [2.24, 2.45) is 23.2 Å².